The maximum atomic E-state index is 12.8. The van der Waals surface area contributed by atoms with Gasteiger partial charge >= 0.3 is 0 Å². The van der Waals surface area contributed by atoms with Gasteiger partial charge in [0.2, 0.25) is 0 Å². The van der Waals surface area contributed by atoms with Crippen molar-refractivity contribution in [3.05, 3.63) is 40.5 Å². The average molecular weight is 383 g/mol. The van der Waals surface area contributed by atoms with Gasteiger partial charge in [-0.3, -0.25) is 9.48 Å². The zero-order chi connectivity index (χ0) is 19.1. The Morgan fingerprint density at radius 2 is 2.04 bits per heavy atom. The van der Waals surface area contributed by atoms with Crippen LogP contribution in [-0.4, -0.2) is 53.3 Å². The van der Waals surface area contributed by atoms with E-state index in [0.29, 0.717) is 25.5 Å². The number of nitrogens with zero attached hydrogens (tertiary/aromatic N) is 7. The monoisotopic (exact) mass is 383 g/mol. The number of carbonyl (C=O) groups excluding carboxylic acids is 1. The molecular weight excluding hydrogens is 362 g/mol. The van der Waals surface area contributed by atoms with Crippen LogP contribution in [0.15, 0.2) is 18.7 Å². The summed E-state index contributed by atoms with van der Waals surface area (Å²) in [7, 11) is 0. The van der Waals surface area contributed by atoms with Crippen molar-refractivity contribution < 1.29 is 4.79 Å². The molecule has 0 aliphatic heterocycles. The first-order chi connectivity index (χ1) is 13.0. The standard InChI is InChI=1S/C18H21N7OS/c1-5-23(6-2)18(26)15-12(4)14-16-21-13(9-24-8-11(3)7-20-24)22-25(16)10-19-17(14)27-15/h7-8,10H,5-6,9H2,1-4H3. The molecule has 0 aliphatic carbocycles. The first kappa shape index (κ1) is 17.6. The van der Waals surface area contributed by atoms with Crippen molar-refractivity contribution in [3.63, 3.8) is 0 Å². The molecule has 0 aliphatic rings. The van der Waals surface area contributed by atoms with Gasteiger partial charge in [-0.05, 0) is 38.8 Å². The van der Waals surface area contributed by atoms with Crippen LogP contribution in [0.3, 0.4) is 0 Å². The highest BCUT2D eigenvalue weighted by Crippen LogP contribution is 2.32. The summed E-state index contributed by atoms with van der Waals surface area (Å²) in [6.07, 6.45) is 5.42. The summed E-state index contributed by atoms with van der Waals surface area (Å²) in [5.74, 6) is 0.708. The molecule has 0 fully saturated rings. The van der Waals surface area contributed by atoms with E-state index in [1.807, 2.05) is 49.7 Å². The lowest BCUT2D eigenvalue weighted by Crippen LogP contribution is -2.30. The van der Waals surface area contributed by atoms with Gasteiger partial charge in [-0.2, -0.15) is 5.10 Å². The highest BCUT2D eigenvalue weighted by atomic mass is 32.1. The molecule has 0 bridgehead atoms. The molecular formula is C18H21N7OS. The Bertz CT molecular complexity index is 1140. The number of aromatic nitrogens is 6. The van der Waals surface area contributed by atoms with Crippen LogP contribution >= 0.6 is 11.3 Å². The van der Waals surface area contributed by atoms with Crippen LogP contribution < -0.4 is 0 Å². The van der Waals surface area contributed by atoms with E-state index in [-0.39, 0.29) is 5.91 Å². The smallest absolute Gasteiger partial charge is 0.264 e. The fraction of sp³-hybridized carbons (Fsp3) is 0.389. The Hall–Kier alpha value is -2.81. The average Bonchev–Trinajstić information content (AvgIpc) is 3.33. The van der Waals surface area contributed by atoms with Gasteiger partial charge in [0.15, 0.2) is 11.5 Å². The number of aryl methyl sites for hydroxylation is 2. The van der Waals surface area contributed by atoms with Gasteiger partial charge in [0.25, 0.3) is 5.91 Å². The molecule has 0 saturated carbocycles. The molecule has 4 aromatic rings. The second-order valence-electron chi connectivity index (χ2n) is 6.47. The van der Waals surface area contributed by atoms with E-state index in [0.717, 1.165) is 31.9 Å². The van der Waals surface area contributed by atoms with Crippen LogP contribution in [0.4, 0.5) is 0 Å². The lowest BCUT2D eigenvalue weighted by molar-refractivity contribution is 0.0777. The van der Waals surface area contributed by atoms with Crippen LogP contribution in [0.25, 0.3) is 15.9 Å². The number of thiophene rings is 1. The minimum atomic E-state index is 0.0467. The number of hydrogen-bond donors (Lipinski definition) is 0. The SMILES string of the molecule is CCN(CC)C(=O)c1sc2ncn3nc(Cn4cc(C)cn4)nc3c2c1C. The van der Waals surface area contributed by atoms with Crippen molar-refractivity contribution in [2.24, 2.45) is 0 Å². The highest BCUT2D eigenvalue weighted by Gasteiger charge is 2.22. The van der Waals surface area contributed by atoms with Gasteiger partial charge in [0, 0.05) is 19.3 Å². The molecule has 1 amide bonds. The van der Waals surface area contributed by atoms with Gasteiger partial charge in [0.1, 0.15) is 17.7 Å². The number of rotatable bonds is 5. The van der Waals surface area contributed by atoms with Crippen LogP contribution in [0.5, 0.6) is 0 Å². The van der Waals surface area contributed by atoms with Crippen molar-refractivity contribution in [2.45, 2.75) is 34.2 Å². The number of fused-ring (bicyclic) bond motifs is 3. The number of hydrogen-bond acceptors (Lipinski definition) is 6. The van der Waals surface area contributed by atoms with Crippen LogP contribution in [-0.2, 0) is 6.54 Å². The topological polar surface area (TPSA) is 81.2 Å². The Kier molecular flexibility index (Phi) is 4.39. The molecule has 4 heterocycles. The van der Waals surface area contributed by atoms with E-state index in [4.69, 9.17) is 4.98 Å². The largest absolute Gasteiger partial charge is 0.338 e. The van der Waals surface area contributed by atoms with E-state index >= 15 is 0 Å². The third-order valence-electron chi connectivity index (χ3n) is 4.62. The number of amides is 1. The molecule has 27 heavy (non-hydrogen) atoms. The molecule has 0 unspecified atom stereocenters. The second kappa shape index (κ2) is 6.73. The number of carbonyl (C=O) groups is 1. The molecule has 0 saturated heterocycles. The third-order valence-corrected chi connectivity index (χ3v) is 5.81. The van der Waals surface area contributed by atoms with Crippen molar-refractivity contribution in [2.75, 3.05) is 13.1 Å². The Balaban J connectivity index is 1.79. The van der Waals surface area contributed by atoms with Crippen molar-refractivity contribution in [1.29, 1.82) is 0 Å². The zero-order valence-corrected chi connectivity index (χ0v) is 16.6. The molecule has 0 N–H and O–H groups in total. The van der Waals surface area contributed by atoms with Gasteiger partial charge < -0.3 is 4.90 Å². The first-order valence-corrected chi connectivity index (χ1v) is 9.75. The van der Waals surface area contributed by atoms with Crippen LogP contribution in [0.2, 0.25) is 0 Å². The summed E-state index contributed by atoms with van der Waals surface area (Å²) in [5, 5.41) is 9.71. The highest BCUT2D eigenvalue weighted by molar-refractivity contribution is 7.20. The molecule has 8 nitrogen and oxygen atoms in total. The van der Waals surface area contributed by atoms with E-state index in [2.05, 4.69) is 15.2 Å². The third kappa shape index (κ3) is 2.97. The van der Waals surface area contributed by atoms with E-state index in [1.165, 1.54) is 11.3 Å². The van der Waals surface area contributed by atoms with Crippen LogP contribution in [0.1, 0.15) is 40.5 Å². The Morgan fingerprint density at radius 1 is 1.26 bits per heavy atom. The molecule has 0 radical (unpaired) electrons. The molecule has 9 heteroatoms. The van der Waals surface area contributed by atoms with E-state index < -0.39 is 0 Å². The van der Waals surface area contributed by atoms with Gasteiger partial charge in [-0.25, -0.2) is 14.5 Å². The lowest BCUT2D eigenvalue weighted by atomic mass is 10.2. The fourth-order valence-electron chi connectivity index (χ4n) is 3.20. The predicted octanol–water partition coefficient (Wildman–Crippen LogP) is 2.68. The first-order valence-electron chi connectivity index (χ1n) is 8.93. The Labute approximate surface area is 160 Å². The summed E-state index contributed by atoms with van der Waals surface area (Å²) in [4.78, 5) is 25.4. The van der Waals surface area contributed by atoms with Crippen molar-refractivity contribution >= 4 is 33.1 Å². The summed E-state index contributed by atoms with van der Waals surface area (Å²) >= 11 is 1.42. The van der Waals surface area contributed by atoms with Crippen molar-refractivity contribution in [1.82, 2.24) is 34.3 Å². The normalized spacial score (nSPS) is 11.6. The maximum Gasteiger partial charge on any atom is 0.264 e. The minimum Gasteiger partial charge on any atom is -0.338 e. The molecule has 4 aromatic heterocycles. The molecule has 0 atom stereocenters. The quantitative estimate of drug-likeness (QED) is 0.529. The van der Waals surface area contributed by atoms with Gasteiger partial charge in [-0.15, -0.1) is 16.4 Å². The zero-order valence-electron chi connectivity index (χ0n) is 15.8. The summed E-state index contributed by atoms with van der Waals surface area (Å²) in [6.45, 7) is 9.80. The molecule has 0 aromatic carbocycles. The molecule has 0 spiro atoms. The van der Waals surface area contributed by atoms with Gasteiger partial charge in [0.05, 0.1) is 16.5 Å². The maximum absolute atomic E-state index is 12.8. The summed E-state index contributed by atoms with van der Waals surface area (Å²) < 4.78 is 3.49. The predicted molar refractivity (Wildman–Crippen MR) is 104 cm³/mol. The molecule has 4 rings (SSSR count). The van der Waals surface area contributed by atoms with Gasteiger partial charge in [-0.1, -0.05) is 0 Å². The van der Waals surface area contributed by atoms with Crippen molar-refractivity contribution in [3.8, 4) is 0 Å². The Morgan fingerprint density at radius 3 is 2.70 bits per heavy atom. The van der Waals surface area contributed by atoms with E-state index in [1.54, 1.807) is 10.8 Å². The summed E-state index contributed by atoms with van der Waals surface area (Å²) in [6, 6.07) is 0. The minimum absolute atomic E-state index is 0.0467. The van der Waals surface area contributed by atoms with E-state index in [9.17, 15) is 4.79 Å². The summed E-state index contributed by atoms with van der Waals surface area (Å²) in [5.41, 5.74) is 2.74. The second-order valence-corrected chi connectivity index (χ2v) is 7.47. The fourth-order valence-corrected chi connectivity index (χ4v) is 4.31. The lowest BCUT2D eigenvalue weighted by Gasteiger charge is -2.17. The molecule has 140 valence electrons. The van der Waals surface area contributed by atoms with Crippen LogP contribution in [0, 0.1) is 13.8 Å².